The van der Waals surface area contributed by atoms with E-state index in [4.69, 9.17) is 5.73 Å². The number of hydrogen-bond acceptors (Lipinski definition) is 4. The molecule has 1 aromatic rings. The van der Waals surface area contributed by atoms with Crippen LogP contribution in [0.4, 0.5) is 0 Å². The molecule has 0 unspecified atom stereocenters. The number of phenols is 1. The molecule has 0 bridgehead atoms. The monoisotopic (exact) mass is 327 g/mol. The quantitative estimate of drug-likeness (QED) is 0.684. The SMILES string of the molecule is Cl.NCC(=O)NCC(=O)N(Cc1cccc(O)c1)CC1CC1. The van der Waals surface area contributed by atoms with Gasteiger partial charge in [0.1, 0.15) is 5.75 Å². The van der Waals surface area contributed by atoms with Crippen LogP contribution in [0, 0.1) is 5.92 Å². The molecule has 0 atom stereocenters. The second kappa shape index (κ2) is 8.60. The molecular weight excluding hydrogens is 306 g/mol. The molecule has 2 rings (SSSR count). The van der Waals surface area contributed by atoms with Gasteiger partial charge >= 0.3 is 0 Å². The number of nitrogens with two attached hydrogens (primary N) is 1. The molecule has 1 aromatic carbocycles. The van der Waals surface area contributed by atoms with Gasteiger partial charge in [-0.15, -0.1) is 12.4 Å². The number of phenolic OH excluding ortho intramolecular Hbond substituents is 1. The van der Waals surface area contributed by atoms with Crippen LogP contribution in [-0.4, -0.2) is 41.5 Å². The minimum atomic E-state index is -0.341. The van der Waals surface area contributed by atoms with Crippen molar-refractivity contribution in [1.29, 1.82) is 0 Å². The lowest BCUT2D eigenvalue weighted by Crippen LogP contribution is -2.42. The maximum Gasteiger partial charge on any atom is 0.242 e. The van der Waals surface area contributed by atoms with E-state index < -0.39 is 0 Å². The molecule has 1 aliphatic rings. The van der Waals surface area contributed by atoms with E-state index >= 15 is 0 Å². The number of halogens is 1. The lowest BCUT2D eigenvalue weighted by molar-refractivity contribution is -0.133. The van der Waals surface area contributed by atoms with Crippen LogP contribution in [0.2, 0.25) is 0 Å². The fourth-order valence-corrected chi connectivity index (χ4v) is 2.10. The van der Waals surface area contributed by atoms with E-state index in [0.29, 0.717) is 19.0 Å². The fraction of sp³-hybridized carbons (Fsp3) is 0.467. The molecule has 0 saturated heterocycles. The molecule has 0 radical (unpaired) electrons. The molecular formula is C15H22ClN3O3. The fourth-order valence-electron chi connectivity index (χ4n) is 2.10. The molecule has 1 fully saturated rings. The topological polar surface area (TPSA) is 95.7 Å². The number of benzene rings is 1. The number of nitrogens with zero attached hydrogens (tertiary/aromatic N) is 1. The Balaban J connectivity index is 0.00000242. The minimum Gasteiger partial charge on any atom is -0.508 e. The van der Waals surface area contributed by atoms with Crippen molar-refractivity contribution in [1.82, 2.24) is 10.2 Å². The van der Waals surface area contributed by atoms with E-state index in [2.05, 4.69) is 5.32 Å². The van der Waals surface area contributed by atoms with Gasteiger partial charge in [-0.25, -0.2) is 0 Å². The largest absolute Gasteiger partial charge is 0.508 e. The summed E-state index contributed by atoms with van der Waals surface area (Å²) in [6.45, 7) is 0.958. The first-order valence-electron chi connectivity index (χ1n) is 7.11. The van der Waals surface area contributed by atoms with Crippen LogP contribution in [0.3, 0.4) is 0 Å². The molecule has 7 heteroatoms. The zero-order valence-electron chi connectivity index (χ0n) is 12.3. The molecule has 0 aromatic heterocycles. The lowest BCUT2D eigenvalue weighted by atomic mass is 10.2. The van der Waals surface area contributed by atoms with Gasteiger partial charge in [0.25, 0.3) is 0 Å². The molecule has 0 heterocycles. The summed E-state index contributed by atoms with van der Waals surface area (Å²) < 4.78 is 0. The van der Waals surface area contributed by atoms with E-state index in [1.165, 1.54) is 0 Å². The van der Waals surface area contributed by atoms with Gasteiger partial charge in [-0.1, -0.05) is 12.1 Å². The van der Waals surface area contributed by atoms with Gasteiger partial charge in [-0.05, 0) is 36.5 Å². The van der Waals surface area contributed by atoms with E-state index in [1.54, 1.807) is 23.1 Å². The Kier molecular flexibility index (Phi) is 7.14. The average Bonchev–Trinajstić information content (AvgIpc) is 3.27. The van der Waals surface area contributed by atoms with E-state index in [-0.39, 0.29) is 43.1 Å². The highest BCUT2D eigenvalue weighted by Crippen LogP contribution is 2.30. The molecule has 0 aliphatic heterocycles. The van der Waals surface area contributed by atoms with Crippen LogP contribution in [0.15, 0.2) is 24.3 Å². The van der Waals surface area contributed by atoms with Crippen molar-refractivity contribution in [2.75, 3.05) is 19.6 Å². The highest BCUT2D eigenvalue weighted by molar-refractivity contribution is 5.85. The maximum absolute atomic E-state index is 12.2. The van der Waals surface area contributed by atoms with Gasteiger partial charge in [0.05, 0.1) is 13.1 Å². The number of amides is 2. The zero-order valence-corrected chi connectivity index (χ0v) is 13.1. The van der Waals surface area contributed by atoms with Gasteiger partial charge in [-0.2, -0.15) is 0 Å². The third kappa shape index (κ3) is 5.91. The number of rotatable bonds is 7. The summed E-state index contributed by atoms with van der Waals surface area (Å²) in [5, 5.41) is 12.0. The second-order valence-corrected chi connectivity index (χ2v) is 5.37. The van der Waals surface area contributed by atoms with Crippen molar-refractivity contribution < 1.29 is 14.7 Å². The minimum absolute atomic E-state index is 0. The van der Waals surface area contributed by atoms with Crippen molar-refractivity contribution in [3.63, 3.8) is 0 Å². The van der Waals surface area contributed by atoms with Crippen LogP contribution in [0.25, 0.3) is 0 Å². The molecule has 6 nitrogen and oxygen atoms in total. The van der Waals surface area contributed by atoms with Crippen LogP contribution in [0.1, 0.15) is 18.4 Å². The summed E-state index contributed by atoms with van der Waals surface area (Å²) in [6, 6.07) is 6.86. The maximum atomic E-state index is 12.2. The summed E-state index contributed by atoms with van der Waals surface area (Å²) >= 11 is 0. The van der Waals surface area contributed by atoms with Crippen molar-refractivity contribution in [3.05, 3.63) is 29.8 Å². The Bertz CT molecular complexity index is 521. The van der Waals surface area contributed by atoms with E-state index in [9.17, 15) is 14.7 Å². The number of carbonyl (C=O) groups excluding carboxylic acids is 2. The number of aromatic hydroxyl groups is 1. The van der Waals surface area contributed by atoms with Gasteiger partial charge in [0.2, 0.25) is 11.8 Å². The Hall–Kier alpha value is -1.79. The van der Waals surface area contributed by atoms with Crippen molar-refractivity contribution in [2.24, 2.45) is 11.7 Å². The van der Waals surface area contributed by atoms with Gasteiger partial charge in [0, 0.05) is 13.1 Å². The van der Waals surface area contributed by atoms with Crippen molar-refractivity contribution in [3.8, 4) is 5.75 Å². The predicted molar refractivity (Wildman–Crippen MR) is 85.6 cm³/mol. The second-order valence-electron chi connectivity index (χ2n) is 5.37. The number of carbonyl (C=O) groups is 2. The van der Waals surface area contributed by atoms with Crippen molar-refractivity contribution in [2.45, 2.75) is 19.4 Å². The highest BCUT2D eigenvalue weighted by Gasteiger charge is 2.26. The summed E-state index contributed by atoms with van der Waals surface area (Å²) in [5.41, 5.74) is 6.07. The first-order chi connectivity index (χ1) is 10.1. The van der Waals surface area contributed by atoms with Gasteiger partial charge < -0.3 is 21.1 Å². The van der Waals surface area contributed by atoms with Crippen molar-refractivity contribution >= 4 is 24.2 Å². The zero-order chi connectivity index (χ0) is 15.2. The Morgan fingerprint density at radius 3 is 2.68 bits per heavy atom. The molecule has 22 heavy (non-hydrogen) atoms. The first-order valence-corrected chi connectivity index (χ1v) is 7.11. The number of nitrogens with one attached hydrogen (secondary N) is 1. The summed E-state index contributed by atoms with van der Waals surface area (Å²) in [5.74, 6) is 0.262. The molecule has 2 amide bonds. The summed E-state index contributed by atoms with van der Waals surface area (Å²) in [7, 11) is 0. The smallest absolute Gasteiger partial charge is 0.242 e. The van der Waals surface area contributed by atoms with Gasteiger partial charge in [-0.3, -0.25) is 9.59 Å². The van der Waals surface area contributed by atoms with Crippen LogP contribution >= 0.6 is 12.4 Å². The van der Waals surface area contributed by atoms with E-state index in [0.717, 1.165) is 18.4 Å². The standard InChI is InChI=1S/C15H21N3O3.ClH/c16-7-14(20)17-8-15(21)18(9-11-4-5-11)10-12-2-1-3-13(19)6-12;/h1-3,6,11,19H,4-5,7-10,16H2,(H,17,20);1H. The highest BCUT2D eigenvalue weighted by atomic mass is 35.5. The summed E-state index contributed by atoms with van der Waals surface area (Å²) in [6.07, 6.45) is 2.28. The Morgan fingerprint density at radius 2 is 2.09 bits per heavy atom. The van der Waals surface area contributed by atoms with Gasteiger partial charge in [0.15, 0.2) is 0 Å². The lowest BCUT2D eigenvalue weighted by Gasteiger charge is -2.23. The van der Waals surface area contributed by atoms with Crippen LogP contribution < -0.4 is 11.1 Å². The molecule has 4 N–H and O–H groups in total. The molecule has 1 saturated carbocycles. The third-order valence-corrected chi connectivity index (χ3v) is 3.43. The van der Waals surface area contributed by atoms with E-state index in [1.807, 2.05) is 6.07 Å². The van der Waals surface area contributed by atoms with Crippen LogP contribution in [-0.2, 0) is 16.1 Å². The third-order valence-electron chi connectivity index (χ3n) is 3.43. The molecule has 0 spiro atoms. The normalized spacial score (nSPS) is 13.1. The summed E-state index contributed by atoms with van der Waals surface area (Å²) in [4.78, 5) is 25.1. The Labute approximate surface area is 136 Å². The average molecular weight is 328 g/mol. The predicted octanol–water partition coefficient (Wildman–Crippen LogP) is 0.628. The Morgan fingerprint density at radius 1 is 1.36 bits per heavy atom. The molecule has 1 aliphatic carbocycles. The number of hydrogen-bond donors (Lipinski definition) is 3. The molecule has 122 valence electrons. The first kappa shape index (κ1) is 18.3. The van der Waals surface area contributed by atoms with Crippen LogP contribution in [0.5, 0.6) is 5.75 Å².